The lowest BCUT2D eigenvalue weighted by atomic mass is 9.96. The van der Waals surface area contributed by atoms with Crippen molar-refractivity contribution in [2.75, 3.05) is 20.2 Å². The van der Waals surface area contributed by atoms with E-state index in [-0.39, 0.29) is 29.3 Å². The first-order valence-electron chi connectivity index (χ1n) is 6.39. The first kappa shape index (κ1) is 14.0. The molecule has 0 saturated carbocycles. The molecule has 1 saturated heterocycles. The lowest BCUT2D eigenvalue weighted by molar-refractivity contribution is 0.0772. The van der Waals surface area contributed by atoms with Crippen LogP contribution in [0.3, 0.4) is 0 Å². The normalized spacial score (nSPS) is 23.6. The average Bonchev–Trinajstić information content (AvgIpc) is 2.95. The highest BCUT2D eigenvalue weighted by molar-refractivity contribution is 5.90. The Morgan fingerprint density at radius 2 is 2.16 bits per heavy atom. The quantitative estimate of drug-likeness (QED) is 0.706. The smallest absolute Gasteiger partial charge is 0.291 e. The zero-order valence-electron chi connectivity index (χ0n) is 11.8. The van der Waals surface area contributed by atoms with Gasteiger partial charge in [-0.25, -0.2) is 4.98 Å². The molecular weight excluding hydrogens is 246 g/mol. The van der Waals surface area contributed by atoms with Gasteiger partial charge in [-0.1, -0.05) is 20.8 Å². The highest BCUT2D eigenvalue weighted by Crippen LogP contribution is 2.17. The Morgan fingerprint density at radius 1 is 1.42 bits per heavy atom. The number of carbonyl (C=O) groups excluding carboxylic acids is 1. The number of H-pyrrole nitrogens is 1. The van der Waals surface area contributed by atoms with Gasteiger partial charge in [0.05, 0.1) is 12.1 Å². The van der Waals surface area contributed by atoms with Crippen LogP contribution in [0, 0.1) is 0 Å². The van der Waals surface area contributed by atoms with Gasteiger partial charge in [-0.05, 0) is 0 Å². The van der Waals surface area contributed by atoms with Crippen molar-refractivity contribution in [1.82, 2.24) is 25.8 Å². The van der Waals surface area contributed by atoms with Crippen LogP contribution in [0.4, 0.5) is 0 Å². The summed E-state index contributed by atoms with van der Waals surface area (Å²) in [4.78, 5) is 16.3. The second-order valence-corrected chi connectivity index (χ2v) is 5.77. The van der Waals surface area contributed by atoms with Crippen LogP contribution in [-0.4, -0.2) is 53.4 Å². The SMILES string of the molecule is CO[C@H]1CNCC1NC(=O)c1n[nH]c(C(C)(C)C)n1. The van der Waals surface area contributed by atoms with Gasteiger partial charge in [0.2, 0.25) is 5.82 Å². The molecule has 1 aliphatic heterocycles. The maximum Gasteiger partial charge on any atom is 0.291 e. The lowest BCUT2D eigenvalue weighted by Gasteiger charge is -2.17. The molecule has 0 aromatic carbocycles. The van der Waals surface area contributed by atoms with E-state index in [0.29, 0.717) is 12.4 Å². The number of hydrogen-bond acceptors (Lipinski definition) is 5. The Bertz CT molecular complexity index is 451. The van der Waals surface area contributed by atoms with E-state index >= 15 is 0 Å². The molecule has 0 bridgehead atoms. The van der Waals surface area contributed by atoms with E-state index in [0.717, 1.165) is 6.54 Å². The Morgan fingerprint density at radius 3 is 2.74 bits per heavy atom. The summed E-state index contributed by atoms with van der Waals surface area (Å²) >= 11 is 0. The molecular formula is C12H21N5O2. The van der Waals surface area contributed by atoms with Gasteiger partial charge in [0.15, 0.2) is 0 Å². The van der Waals surface area contributed by atoms with Gasteiger partial charge in [-0.3, -0.25) is 9.89 Å². The fourth-order valence-electron chi connectivity index (χ4n) is 1.98. The zero-order valence-corrected chi connectivity index (χ0v) is 11.8. The number of rotatable bonds is 3. The van der Waals surface area contributed by atoms with Crippen LogP contribution in [0.15, 0.2) is 0 Å². The molecule has 3 N–H and O–H groups in total. The number of aromatic amines is 1. The van der Waals surface area contributed by atoms with Gasteiger partial charge in [0.1, 0.15) is 5.82 Å². The van der Waals surface area contributed by atoms with Gasteiger partial charge < -0.3 is 15.4 Å². The van der Waals surface area contributed by atoms with E-state index in [9.17, 15) is 4.79 Å². The number of nitrogens with zero attached hydrogens (tertiary/aromatic N) is 2. The highest BCUT2D eigenvalue weighted by atomic mass is 16.5. The molecule has 7 nitrogen and oxygen atoms in total. The zero-order chi connectivity index (χ0) is 14.0. The van der Waals surface area contributed by atoms with Gasteiger partial charge in [-0.2, -0.15) is 0 Å². The molecule has 0 spiro atoms. The third-order valence-electron chi connectivity index (χ3n) is 3.18. The minimum atomic E-state index is -0.275. The summed E-state index contributed by atoms with van der Waals surface area (Å²) in [6.45, 7) is 7.47. The molecule has 1 unspecified atom stereocenters. The molecule has 0 aliphatic carbocycles. The van der Waals surface area contributed by atoms with Crippen molar-refractivity contribution in [3.63, 3.8) is 0 Å². The van der Waals surface area contributed by atoms with Crippen LogP contribution in [0.5, 0.6) is 0 Å². The highest BCUT2D eigenvalue weighted by Gasteiger charge is 2.30. The minimum absolute atomic E-state index is 0.00928. The monoisotopic (exact) mass is 267 g/mol. The van der Waals surface area contributed by atoms with Crippen molar-refractivity contribution in [1.29, 1.82) is 0 Å². The molecule has 1 aliphatic rings. The molecule has 1 aromatic rings. The predicted octanol–water partition coefficient (Wildman–Crippen LogP) is -0.181. The Kier molecular flexibility index (Phi) is 3.86. The number of ether oxygens (including phenoxy) is 1. The number of aromatic nitrogens is 3. The van der Waals surface area contributed by atoms with E-state index in [4.69, 9.17) is 4.74 Å². The van der Waals surface area contributed by atoms with E-state index in [1.807, 2.05) is 20.8 Å². The lowest BCUT2D eigenvalue weighted by Crippen LogP contribution is -2.43. The van der Waals surface area contributed by atoms with Crippen molar-refractivity contribution in [2.45, 2.75) is 38.3 Å². The largest absolute Gasteiger partial charge is 0.378 e. The van der Waals surface area contributed by atoms with E-state index in [1.54, 1.807) is 7.11 Å². The number of carbonyl (C=O) groups is 1. The summed E-state index contributed by atoms with van der Waals surface area (Å²) < 4.78 is 5.29. The summed E-state index contributed by atoms with van der Waals surface area (Å²) in [5.41, 5.74) is -0.157. The first-order valence-corrected chi connectivity index (χ1v) is 6.39. The van der Waals surface area contributed by atoms with E-state index in [2.05, 4.69) is 25.8 Å². The maximum atomic E-state index is 12.1. The third-order valence-corrected chi connectivity index (χ3v) is 3.18. The van der Waals surface area contributed by atoms with Gasteiger partial charge in [0, 0.05) is 25.6 Å². The second kappa shape index (κ2) is 5.26. The molecule has 0 radical (unpaired) electrons. The molecule has 2 rings (SSSR count). The Labute approximate surface area is 112 Å². The Hall–Kier alpha value is -1.47. The summed E-state index contributed by atoms with van der Waals surface area (Å²) in [6.07, 6.45) is -0.00928. The Balaban J connectivity index is 2.02. The molecule has 2 heterocycles. The number of nitrogens with one attached hydrogen (secondary N) is 3. The van der Waals surface area contributed by atoms with Crippen LogP contribution >= 0.6 is 0 Å². The van der Waals surface area contributed by atoms with Crippen LogP contribution < -0.4 is 10.6 Å². The van der Waals surface area contributed by atoms with Crippen molar-refractivity contribution < 1.29 is 9.53 Å². The summed E-state index contributed by atoms with van der Waals surface area (Å²) in [6, 6.07) is -0.0471. The van der Waals surface area contributed by atoms with Crippen LogP contribution in [0.25, 0.3) is 0 Å². The number of methoxy groups -OCH3 is 1. The fourth-order valence-corrected chi connectivity index (χ4v) is 1.98. The van der Waals surface area contributed by atoms with Crippen LogP contribution in [-0.2, 0) is 10.2 Å². The molecule has 2 atom stereocenters. The molecule has 106 valence electrons. The molecule has 7 heteroatoms. The average molecular weight is 267 g/mol. The standard InChI is InChI=1S/C12H21N5O2/c1-12(2,3)11-15-9(16-17-11)10(18)14-7-5-13-6-8(7)19-4/h7-8,13H,5-6H2,1-4H3,(H,14,18)(H,15,16,17)/t7?,8-/m0/s1. The topological polar surface area (TPSA) is 91.9 Å². The van der Waals surface area contributed by atoms with Crippen molar-refractivity contribution in [3.8, 4) is 0 Å². The molecule has 1 fully saturated rings. The number of hydrogen-bond donors (Lipinski definition) is 3. The van der Waals surface area contributed by atoms with Crippen LogP contribution in [0.2, 0.25) is 0 Å². The summed E-state index contributed by atoms with van der Waals surface area (Å²) in [5, 5.41) is 12.8. The van der Waals surface area contributed by atoms with Gasteiger partial charge in [0.25, 0.3) is 5.91 Å². The first-order chi connectivity index (χ1) is 8.91. The summed E-state index contributed by atoms with van der Waals surface area (Å²) in [7, 11) is 1.64. The van der Waals surface area contributed by atoms with Crippen LogP contribution in [0.1, 0.15) is 37.2 Å². The minimum Gasteiger partial charge on any atom is -0.378 e. The third kappa shape index (κ3) is 3.10. The van der Waals surface area contributed by atoms with E-state index < -0.39 is 0 Å². The molecule has 19 heavy (non-hydrogen) atoms. The summed E-state index contributed by atoms with van der Waals surface area (Å²) in [5.74, 6) is 0.597. The second-order valence-electron chi connectivity index (χ2n) is 5.77. The van der Waals surface area contributed by atoms with Crippen molar-refractivity contribution >= 4 is 5.91 Å². The molecule has 1 aromatic heterocycles. The molecule has 1 amide bonds. The maximum absolute atomic E-state index is 12.1. The van der Waals surface area contributed by atoms with Crippen molar-refractivity contribution in [2.24, 2.45) is 0 Å². The number of amides is 1. The van der Waals surface area contributed by atoms with Crippen molar-refractivity contribution in [3.05, 3.63) is 11.6 Å². The van der Waals surface area contributed by atoms with E-state index in [1.165, 1.54) is 0 Å². The van der Waals surface area contributed by atoms with Gasteiger partial charge in [-0.15, -0.1) is 5.10 Å². The fraction of sp³-hybridized carbons (Fsp3) is 0.750. The predicted molar refractivity (Wildman–Crippen MR) is 70.0 cm³/mol. The van der Waals surface area contributed by atoms with Gasteiger partial charge >= 0.3 is 0 Å².